The first-order chi connectivity index (χ1) is 15.3. The molecule has 0 amide bonds. The highest BCUT2D eigenvalue weighted by Gasteiger charge is 2.35. The molecular weight excluding hydrogens is 384 g/mol. The molecule has 0 spiro atoms. The predicted molar refractivity (Wildman–Crippen MR) is 138 cm³/mol. The van der Waals surface area contributed by atoms with E-state index < -0.39 is 0 Å². The second-order valence-electron chi connectivity index (χ2n) is 13.3. The van der Waals surface area contributed by atoms with Gasteiger partial charge in [-0.25, -0.2) is 0 Å². The zero-order valence-electron chi connectivity index (χ0n) is 21.8. The second kappa shape index (κ2) is 10.6. The van der Waals surface area contributed by atoms with E-state index in [0.717, 1.165) is 35.5 Å². The first-order valence-corrected chi connectivity index (χ1v) is 14.4. The van der Waals surface area contributed by atoms with Crippen molar-refractivity contribution in [3.63, 3.8) is 0 Å². The number of rotatable bonds is 2. The lowest BCUT2D eigenvalue weighted by molar-refractivity contribution is 0.134. The van der Waals surface area contributed by atoms with Crippen LogP contribution in [0.5, 0.6) is 0 Å². The summed E-state index contributed by atoms with van der Waals surface area (Å²) < 4.78 is 0. The van der Waals surface area contributed by atoms with Gasteiger partial charge in [0.1, 0.15) is 0 Å². The molecule has 0 bridgehead atoms. The Hall–Kier alpha value is -0.880. The van der Waals surface area contributed by atoms with E-state index in [9.17, 15) is 0 Å². The summed E-state index contributed by atoms with van der Waals surface area (Å²) >= 11 is 0. The van der Waals surface area contributed by atoms with Crippen LogP contribution >= 0.6 is 0 Å². The van der Waals surface area contributed by atoms with Crippen LogP contribution in [0.15, 0.2) is 0 Å². The molecular formula is C32H50. The van der Waals surface area contributed by atoms with Gasteiger partial charge in [0.05, 0.1) is 0 Å². The maximum atomic E-state index is 3.63. The Morgan fingerprint density at radius 3 is 1.03 bits per heavy atom. The largest absolute Gasteiger partial charge is 0.0826 e. The molecule has 0 nitrogen and oxygen atoms in total. The third-order valence-corrected chi connectivity index (χ3v) is 10.5. The Labute approximate surface area is 200 Å². The lowest BCUT2D eigenvalue weighted by Crippen LogP contribution is -2.29. The fourth-order valence-corrected chi connectivity index (χ4v) is 7.63. The van der Waals surface area contributed by atoms with E-state index in [4.69, 9.17) is 0 Å². The van der Waals surface area contributed by atoms with Gasteiger partial charge in [-0.3, -0.25) is 0 Å². The van der Waals surface area contributed by atoms with Gasteiger partial charge in [0.2, 0.25) is 0 Å². The molecule has 0 aromatic carbocycles. The molecule has 4 fully saturated rings. The minimum absolute atomic E-state index is 0.212. The van der Waals surface area contributed by atoms with Gasteiger partial charge in [-0.15, -0.1) is 0 Å². The van der Waals surface area contributed by atoms with E-state index in [2.05, 4.69) is 51.4 Å². The Kier molecular flexibility index (Phi) is 8.02. The topological polar surface area (TPSA) is 0 Å². The summed E-state index contributed by atoms with van der Waals surface area (Å²) in [7, 11) is 0. The van der Waals surface area contributed by atoms with Crippen LogP contribution in [0, 0.1) is 70.0 Å². The SMILES string of the molecule is CC1CCC(C2CCC(C)(C#CC#CC3(C)CCC(C4CCC(C)CC4)CC3)CC2)CC1. The average molecular weight is 435 g/mol. The van der Waals surface area contributed by atoms with Gasteiger partial charge in [-0.05, 0) is 138 Å². The fraction of sp³-hybridized carbons (Fsp3) is 0.875. The summed E-state index contributed by atoms with van der Waals surface area (Å²) in [5, 5.41) is 0. The molecule has 0 N–H and O–H groups in total. The van der Waals surface area contributed by atoms with Crippen molar-refractivity contribution < 1.29 is 0 Å². The summed E-state index contributed by atoms with van der Waals surface area (Å²) in [4.78, 5) is 0. The third kappa shape index (κ3) is 6.37. The van der Waals surface area contributed by atoms with Crippen molar-refractivity contribution in [3.05, 3.63) is 0 Å². The predicted octanol–water partition coefficient (Wildman–Crippen LogP) is 9.04. The lowest BCUT2D eigenvalue weighted by Gasteiger charge is -2.39. The van der Waals surface area contributed by atoms with Gasteiger partial charge >= 0.3 is 0 Å². The van der Waals surface area contributed by atoms with E-state index >= 15 is 0 Å². The summed E-state index contributed by atoms with van der Waals surface area (Å²) in [5.41, 5.74) is 0.424. The number of hydrogen-bond acceptors (Lipinski definition) is 0. The average Bonchev–Trinajstić information content (AvgIpc) is 2.79. The van der Waals surface area contributed by atoms with Crippen LogP contribution in [0.3, 0.4) is 0 Å². The second-order valence-corrected chi connectivity index (χ2v) is 13.3. The highest BCUT2D eigenvalue weighted by molar-refractivity contribution is 5.31. The Balaban J connectivity index is 1.23. The lowest BCUT2D eigenvalue weighted by atomic mass is 9.65. The molecule has 178 valence electrons. The van der Waals surface area contributed by atoms with E-state index in [-0.39, 0.29) is 10.8 Å². The van der Waals surface area contributed by atoms with Gasteiger partial charge in [0, 0.05) is 10.8 Å². The summed E-state index contributed by atoms with van der Waals surface area (Å²) in [6.07, 6.45) is 22.6. The summed E-state index contributed by atoms with van der Waals surface area (Å²) in [5.74, 6) is 19.8. The molecule has 0 heterocycles. The van der Waals surface area contributed by atoms with Crippen molar-refractivity contribution in [1.82, 2.24) is 0 Å². The van der Waals surface area contributed by atoms with E-state index in [1.165, 1.54) is 103 Å². The van der Waals surface area contributed by atoms with Crippen LogP contribution < -0.4 is 0 Å². The summed E-state index contributed by atoms with van der Waals surface area (Å²) in [6, 6.07) is 0. The maximum absolute atomic E-state index is 3.63. The minimum atomic E-state index is 0.212. The van der Waals surface area contributed by atoms with Gasteiger partial charge in [-0.2, -0.15) is 0 Å². The monoisotopic (exact) mass is 434 g/mol. The van der Waals surface area contributed by atoms with Crippen molar-refractivity contribution in [1.29, 1.82) is 0 Å². The minimum Gasteiger partial charge on any atom is -0.0826 e. The van der Waals surface area contributed by atoms with Crippen LogP contribution in [-0.2, 0) is 0 Å². The normalized spacial score (nSPS) is 45.1. The first-order valence-electron chi connectivity index (χ1n) is 14.4. The molecule has 4 rings (SSSR count). The van der Waals surface area contributed by atoms with E-state index in [1.807, 2.05) is 0 Å². The molecule has 0 saturated heterocycles. The van der Waals surface area contributed by atoms with Crippen LogP contribution in [0.4, 0.5) is 0 Å². The van der Waals surface area contributed by atoms with Crippen LogP contribution in [0.1, 0.15) is 130 Å². The van der Waals surface area contributed by atoms with E-state index in [1.54, 1.807) is 0 Å². The van der Waals surface area contributed by atoms with E-state index in [0.29, 0.717) is 0 Å². The zero-order chi connectivity index (χ0) is 22.6. The van der Waals surface area contributed by atoms with Crippen molar-refractivity contribution in [2.45, 2.75) is 130 Å². The molecule has 4 saturated carbocycles. The molecule has 0 radical (unpaired) electrons. The van der Waals surface area contributed by atoms with Gasteiger partial charge < -0.3 is 0 Å². The smallest absolute Gasteiger partial charge is 0.0297 e. The third-order valence-electron chi connectivity index (χ3n) is 10.5. The summed E-state index contributed by atoms with van der Waals surface area (Å²) in [6.45, 7) is 9.68. The fourth-order valence-electron chi connectivity index (χ4n) is 7.63. The Morgan fingerprint density at radius 2 is 0.719 bits per heavy atom. The van der Waals surface area contributed by atoms with Gasteiger partial charge in [0.15, 0.2) is 0 Å². The maximum Gasteiger partial charge on any atom is 0.0297 e. The van der Waals surface area contributed by atoms with Gasteiger partial charge in [-0.1, -0.05) is 51.4 Å². The Bertz CT molecular complexity index is 639. The molecule has 0 aliphatic heterocycles. The Morgan fingerprint density at radius 1 is 0.438 bits per heavy atom. The number of hydrogen-bond donors (Lipinski definition) is 0. The highest BCUT2D eigenvalue weighted by Crippen LogP contribution is 2.46. The van der Waals surface area contributed by atoms with Gasteiger partial charge in [0.25, 0.3) is 0 Å². The van der Waals surface area contributed by atoms with Crippen LogP contribution in [0.2, 0.25) is 0 Å². The van der Waals surface area contributed by atoms with Crippen molar-refractivity contribution >= 4 is 0 Å². The molecule has 4 aliphatic rings. The molecule has 0 atom stereocenters. The van der Waals surface area contributed by atoms with Crippen molar-refractivity contribution in [2.24, 2.45) is 46.3 Å². The molecule has 0 unspecified atom stereocenters. The molecule has 0 aromatic heterocycles. The van der Waals surface area contributed by atoms with Crippen LogP contribution in [0.25, 0.3) is 0 Å². The van der Waals surface area contributed by atoms with Crippen molar-refractivity contribution in [2.75, 3.05) is 0 Å². The highest BCUT2D eigenvalue weighted by atomic mass is 14.4. The molecule has 0 heteroatoms. The zero-order valence-corrected chi connectivity index (χ0v) is 21.8. The standard InChI is InChI=1S/C32H50/c1-25-7-11-27(12-8-25)29-15-21-31(3,22-16-29)19-5-6-20-32(4)23-17-30(18-24-32)28-13-9-26(2)10-14-28/h25-30H,7-18,21-24H2,1-4H3. The first kappa shape index (κ1) is 24.3. The molecule has 4 aliphatic carbocycles. The quantitative estimate of drug-likeness (QED) is 0.380. The van der Waals surface area contributed by atoms with Crippen molar-refractivity contribution in [3.8, 4) is 23.7 Å². The molecule has 0 aromatic rings. The van der Waals surface area contributed by atoms with Crippen LogP contribution in [-0.4, -0.2) is 0 Å². The molecule has 32 heavy (non-hydrogen) atoms.